The quantitative estimate of drug-likeness (QED) is 0.0899. The van der Waals surface area contributed by atoms with Crippen LogP contribution in [0.15, 0.2) is 136 Å². The van der Waals surface area contributed by atoms with Crippen LogP contribution in [0.3, 0.4) is 0 Å². The van der Waals surface area contributed by atoms with E-state index < -0.39 is 19.0 Å². The summed E-state index contributed by atoms with van der Waals surface area (Å²) < 4.78 is 16.4. The number of benzene rings is 4. The maximum absolute atomic E-state index is 13.6. The third-order valence-electron chi connectivity index (χ3n) is 6.55. The Hall–Kier alpha value is -4.87. The molecule has 0 bridgehead atoms. The van der Waals surface area contributed by atoms with Crippen LogP contribution in [-0.4, -0.2) is 31.2 Å². The molecule has 44 heavy (non-hydrogen) atoms. The van der Waals surface area contributed by atoms with Crippen LogP contribution in [0.4, 0.5) is 15.7 Å². The van der Waals surface area contributed by atoms with Crippen molar-refractivity contribution in [1.29, 1.82) is 0 Å². The van der Waals surface area contributed by atoms with Gasteiger partial charge in [0.05, 0.1) is 26.0 Å². The first-order chi connectivity index (χ1) is 21.6. The lowest BCUT2D eigenvalue weighted by Gasteiger charge is -2.26. The zero-order valence-electron chi connectivity index (χ0n) is 24.3. The summed E-state index contributed by atoms with van der Waals surface area (Å²) in [6.45, 7) is 3.64. The molecule has 0 amide bonds. The largest absolute Gasteiger partial charge is 0.462 e. The maximum Gasteiger partial charge on any atom is 0.342 e. The summed E-state index contributed by atoms with van der Waals surface area (Å²) in [5.74, 6) is -1.38. The van der Waals surface area contributed by atoms with Crippen LogP contribution in [0.5, 0.6) is 0 Å². The van der Waals surface area contributed by atoms with Gasteiger partial charge in [0.15, 0.2) is 0 Å². The predicted octanol–water partition coefficient (Wildman–Crippen LogP) is 8.05. The number of hydrogen-bond donors (Lipinski definition) is 0. The Morgan fingerprint density at radius 3 is 1.45 bits per heavy atom. The van der Waals surface area contributed by atoms with Crippen molar-refractivity contribution in [3.63, 3.8) is 0 Å². The molecule has 0 aliphatic heterocycles. The predicted molar refractivity (Wildman–Crippen MR) is 179 cm³/mol. The van der Waals surface area contributed by atoms with E-state index >= 15 is 0 Å². The van der Waals surface area contributed by atoms with Gasteiger partial charge in [-0.15, -0.1) is 0 Å². The van der Waals surface area contributed by atoms with Crippen LogP contribution in [0, 0.1) is 0 Å². The summed E-state index contributed by atoms with van der Waals surface area (Å²) in [4.78, 5) is 35.8. The molecule has 7 nitrogen and oxygen atoms in total. The summed E-state index contributed by atoms with van der Waals surface area (Å²) in [5, 5.41) is 3.46. The van der Waals surface area contributed by atoms with Crippen LogP contribution < -0.4 is 15.9 Å². The van der Waals surface area contributed by atoms with Crippen molar-refractivity contribution in [1.82, 2.24) is 0 Å². The molecule has 1 aromatic heterocycles. The smallest absolute Gasteiger partial charge is 0.342 e. The van der Waals surface area contributed by atoms with E-state index in [2.05, 4.69) is 16.0 Å². The first-order valence-electron chi connectivity index (χ1n) is 14.1. The van der Waals surface area contributed by atoms with Crippen molar-refractivity contribution < 1.29 is 19.1 Å². The van der Waals surface area contributed by atoms with Crippen molar-refractivity contribution in [3.8, 4) is 0 Å². The van der Waals surface area contributed by atoms with Gasteiger partial charge in [-0.1, -0.05) is 121 Å². The molecule has 5 rings (SSSR count). The van der Waals surface area contributed by atoms with Crippen molar-refractivity contribution in [3.05, 3.63) is 132 Å². The summed E-state index contributed by atoms with van der Waals surface area (Å²) >= 11 is 1.11. The number of nitrogens with zero attached hydrogens (tertiary/aromatic N) is 3. The van der Waals surface area contributed by atoms with Gasteiger partial charge >= 0.3 is 11.9 Å². The fourth-order valence-electron chi connectivity index (χ4n) is 4.66. The van der Waals surface area contributed by atoms with Crippen LogP contribution in [0.25, 0.3) is 0 Å². The average molecular weight is 620 g/mol. The lowest BCUT2D eigenvalue weighted by Crippen LogP contribution is -2.25. The number of ether oxygens (including phenoxy) is 2. The molecule has 0 spiro atoms. The van der Waals surface area contributed by atoms with Crippen LogP contribution in [-0.2, 0) is 9.47 Å². The van der Waals surface area contributed by atoms with Crippen molar-refractivity contribution >= 4 is 67.9 Å². The van der Waals surface area contributed by atoms with E-state index in [9.17, 15) is 9.59 Å². The molecule has 0 atom stereocenters. The highest BCUT2D eigenvalue weighted by molar-refractivity contribution is 7.87. The second-order valence-corrected chi connectivity index (χ2v) is 13.3. The zero-order chi connectivity index (χ0) is 30.8. The molecule has 9 heteroatoms. The Kier molecular flexibility index (Phi) is 10.1. The molecule has 0 saturated heterocycles. The number of aliphatic imine (C=N–C) groups is 2. The van der Waals surface area contributed by atoms with Gasteiger partial charge in [-0.2, -0.15) is 9.98 Å². The Labute approximate surface area is 260 Å². The SMILES string of the molecule is CCOC(=O)c1c(N=C=Nc2ccccc2)sc(N=P(c2ccccc2)(c2ccccc2)c2ccccc2)c1C(=O)OCC. The van der Waals surface area contributed by atoms with Crippen LogP contribution in [0.2, 0.25) is 0 Å². The van der Waals surface area contributed by atoms with Gasteiger partial charge in [-0.05, 0) is 26.0 Å². The summed E-state index contributed by atoms with van der Waals surface area (Å²) in [6.07, 6.45) is 0. The maximum atomic E-state index is 13.6. The third-order valence-corrected chi connectivity index (χ3v) is 11.3. The summed E-state index contributed by atoms with van der Waals surface area (Å²) in [7, 11) is -2.80. The topological polar surface area (TPSA) is 89.7 Å². The number of thiophene rings is 1. The second-order valence-electron chi connectivity index (χ2n) is 9.30. The highest BCUT2D eigenvalue weighted by Crippen LogP contribution is 2.53. The molecule has 0 radical (unpaired) electrons. The van der Waals surface area contributed by atoms with E-state index in [1.165, 1.54) is 0 Å². The minimum atomic E-state index is -2.80. The van der Waals surface area contributed by atoms with E-state index in [1.807, 2.05) is 121 Å². The first kappa shape index (κ1) is 30.6. The Morgan fingerprint density at radius 2 is 1.02 bits per heavy atom. The number of carbonyl (C=O) groups excluding carboxylic acids is 2. The Balaban J connectivity index is 1.89. The van der Waals surface area contributed by atoms with Crippen molar-refractivity contribution in [2.75, 3.05) is 13.2 Å². The fraction of sp³-hybridized carbons (Fsp3) is 0.114. The summed E-state index contributed by atoms with van der Waals surface area (Å²) in [5.41, 5.74) is 0.642. The third kappa shape index (κ3) is 6.53. The fourth-order valence-corrected chi connectivity index (χ4v) is 9.46. The van der Waals surface area contributed by atoms with Crippen molar-refractivity contribution in [2.24, 2.45) is 14.7 Å². The van der Waals surface area contributed by atoms with Gasteiger partial charge in [0, 0.05) is 15.9 Å². The number of carbonyl (C=O) groups is 2. The number of esters is 2. The molecule has 0 N–H and O–H groups in total. The minimum Gasteiger partial charge on any atom is -0.462 e. The number of rotatable bonds is 10. The van der Waals surface area contributed by atoms with E-state index in [4.69, 9.17) is 14.2 Å². The molecule has 0 aliphatic carbocycles. The van der Waals surface area contributed by atoms with Gasteiger partial charge in [0.1, 0.15) is 27.1 Å². The standard InChI is InChI=1S/C35H30N3O4PS/c1-3-41-34(39)30-31(35(40)42-4-2)33(44-32(30)37-25-36-26-17-9-5-10-18-26)38-43(27-19-11-6-12-20-27,28-21-13-7-14-22-28)29-23-15-8-16-24-29/h5-24H,3-4H2,1-2H3. The van der Waals surface area contributed by atoms with Gasteiger partial charge < -0.3 is 9.47 Å². The average Bonchev–Trinajstić information content (AvgIpc) is 3.43. The van der Waals surface area contributed by atoms with E-state index in [-0.39, 0.29) is 29.3 Å². The molecule has 0 fully saturated rings. The van der Waals surface area contributed by atoms with E-state index in [0.29, 0.717) is 10.7 Å². The lowest BCUT2D eigenvalue weighted by atomic mass is 10.1. The Morgan fingerprint density at radius 1 is 0.614 bits per heavy atom. The molecule has 1 heterocycles. The minimum absolute atomic E-state index is 0.0164. The molecule has 0 saturated carbocycles. The number of hydrogen-bond acceptors (Lipinski definition) is 8. The van der Waals surface area contributed by atoms with Crippen LogP contribution in [0.1, 0.15) is 34.6 Å². The lowest BCUT2D eigenvalue weighted by molar-refractivity contribution is 0.0481. The van der Waals surface area contributed by atoms with Gasteiger partial charge in [0.2, 0.25) is 0 Å². The highest BCUT2D eigenvalue weighted by atomic mass is 32.1. The monoisotopic (exact) mass is 619 g/mol. The molecule has 0 aliphatic rings. The van der Waals surface area contributed by atoms with E-state index in [1.54, 1.807) is 13.8 Å². The molecule has 5 aromatic rings. The Bertz CT molecular complexity index is 1750. The van der Waals surface area contributed by atoms with Gasteiger partial charge in [-0.3, -0.25) is 0 Å². The zero-order valence-corrected chi connectivity index (χ0v) is 26.0. The number of para-hydroxylation sites is 1. The second kappa shape index (κ2) is 14.5. The van der Waals surface area contributed by atoms with Crippen LogP contribution >= 0.6 is 18.4 Å². The first-order valence-corrected chi connectivity index (χ1v) is 16.7. The molecule has 0 unspecified atom stereocenters. The highest BCUT2D eigenvalue weighted by Gasteiger charge is 2.34. The normalized spacial score (nSPS) is 10.8. The van der Waals surface area contributed by atoms with Gasteiger partial charge in [-0.25, -0.2) is 14.3 Å². The molecule has 4 aromatic carbocycles. The van der Waals surface area contributed by atoms with E-state index in [0.717, 1.165) is 27.3 Å². The summed E-state index contributed by atoms with van der Waals surface area (Å²) in [6, 6.07) is 41.9. The molecular formula is C35H30N3O4PS. The molecular weight excluding hydrogens is 589 g/mol. The van der Waals surface area contributed by atoms with Gasteiger partial charge in [0.25, 0.3) is 0 Å². The molecule has 220 valence electrons. The van der Waals surface area contributed by atoms with Crippen molar-refractivity contribution in [2.45, 2.75) is 13.8 Å².